The molecule has 0 atom stereocenters. The van der Waals surface area contributed by atoms with Crippen LogP contribution in [0.3, 0.4) is 0 Å². The first-order chi connectivity index (χ1) is 15.2. The molecular formula is C21H28N8O2. The van der Waals surface area contributed by atoms with Crippen LogP contribution in [0.4, 0.5) is 23.5 Å². The van der Waals surface area contributed by atoms with Gasteiger partial charge in [-0.1, -0.05) is 12.1 Å². The van der Waals surface area contributed by atoms with Crippen LogP contribution < -0.4 is 20.9 Å². The Balaban J connectivity index is 1.40. The zero-order chi connectivity index (χ0) is 21.5. The van der Waals surface area contributed by atoms with Crippen LogP contribution in [0.5, 0.6) is 0 Å². The van der Waals surface area contributed by atoms with E-state index < -0.39 is 0 Å². The van der Waals surface area contributed by atoms with Crippen LogP contribution >= 0.6 is 0 Å². The van der Waals surface area contributed by atoms with E-state index in [4.69, 9.17) is 9.84 Å². The number of morpholine rings is 1. The average molecular weight is 425 g/mol. The van der Waals surface area contributed by atoms with Crippen molar-refractivity contribution < 1.29 is 9.84 Å². The van der Waals surface area contributed by atoms with Crippen LogP contribution in [-0.4, -0.2) is 77.6 Å². The zero-order valence-electron chi connectivity index (χ0n) is 17.6. The molecule has 10 heteroatoms. The summed E-state index contributed by atoms with van der Waals surface area (Å²) in [4.78, 5) is 20.0. The number of nitrogens with zero attached hydrogens (tertiary/aromatic N) is 5. The minimum Gasteiger partial charge on any atom is -0.395 e. The van der Waals surface area contributed by atoms with E-state index in [9.17, 15) is 0 Å². The Labute approximate surface area is 181 Å². The van der Waals surface area contributed by atoms with Gasteiger partial charge in [-0.15, -0.1) is 0 Å². The molecule has 0 unspecified atom stereocenters. The van der Waals surface area contributed by atoms with Gasteiger partial charge in [0.05, 0.1) is 25.3 Å². The van der Waals surface area contributed by atoms with E-state index in [0.29, 0.717) is 50.7 Å². The number of fused-ring (bicyclic) bond motifs is 1. The number of nitrogens with one attached hydrogen (secondary N) is 3. The molecule has 1 aliphatic rings. The van der Waals surface area contributed by atoms with Crippen molar-refractivity contribution in [2.75, 3.05) is 73.4 Å². The second-order valence-corrected chi connectivity index (χ2v) is 7.27. The summed E-state index contributed by atoms with van der Waals surface area (Å²) in [5, 5.41) is 19.9. The molecule has 164 valence electrons. The largest absolute Gasteiger partial charge is 0.395 e. The summed E-state index contributed by atoms with van der Waals surface area (Å²) in [6, 6.07) is 8.24. The maximum Gasteiger partial charge on any atom is 0.232 e. The molecule has 1 saturated heterocycles. The highest BCUT2D eigenvalue weighted by molar-refractivity contribution is 5.91. The van der Waals surface area contributed by atoms with Crippen molar-refractivity contribution in [3.05, 3.63) is 36.0 Å². The predicted molar refractivity (Wildman–Crippen MR) is 122 cm³/mol. The SMILES string of the molecule is Cc1ccc2c(NCCNc3nc(NCCO)nc(N4CCOCC4)n3)ccnc2c1. The molecule has 1 aromatic carbocycles. The Hall–Kier alpha value is -3.24. The molecule has 3 aromatic rings. The van der Waals surface area contributed by atoms with Gasteiger partial charge < -0.3 is 30.7 Å². The van der Waals surface area contributed by atoms with Gasteiger partial charge in [0.15, 0.2) is 0 Å². The second kappa shape index (κ2) is 10.2. The van der Waals surface area contributed by atoms with E-state index in [-0.39, 0.29) is 6.61 Å². The maximum absolute atomic E-state index is 9.10. The lowest BCUT2D eigenvalue weighted by atomic mass is 10.1. The van der Waals surface area contributed by atoms with Gasteiger partial charge in [0.25, 0.3) is 0 Å². The minimum absolute atomic E-state index is 0.00463. The Bertz CT molecular complexity index is 1010. The highest BCUT2D eigenvalue weighted by atomic mass is 16.5. The third-order valence-electron chi connectivity index (χ3n) is 4.93. The Kier molecular flexibility index (Phi) is 6.90. The van der Waals surface area contributed by atoms with Gasteiger partial charge in [-0.05, 0) is 24.6 Å². The van der Waals surface area contributed by atoms with Crippen molar-refractivity contribution in [1.82, 2.24) is 19.9 Å². The lowest BCUT2D eigenvalue weighted by Gasteiger charge is -2.27. The maximum atomic E-state index is 9.10. The summed E-state index contributed by atoms with van der Waals surface area (Å²) in [5.74, 6) is 1.54. The molecule has 0 aliphatic carbocycles. The average Bonchev–Trinajstić information content (AvgIpc) is 2.81. The van der Waals surface area contributed by atoms with E-state index in [0.717, 1.165) is 29.7 Å². The number of aryl methyl sites for hydroxylation is 1. The summed E-state index contributed by atoms with van der Waals surface area (Å²) >= 11 is 0. The number of ether oxygens (including phenoxy) is 1. The number of hydrogen-bond acceptors (Lipinski definition) is 10. The first-order valence-electron chi connectivity index (χ1n) is 10.5. The number of aliphatic hydroxyl groups excluding tert-OH is 1. The number of pyridine rings is 1. The summed E-state index contributed by atoms with van der Waals surface area (Å²) in [5.41, 5.74) is 3.21. The lowest BCUT2D eigenvalue weighted by Crippen LogP contribution is -2.37. The second-order valence-electron chi connectivity index (χ2n) is 7.27. The van der Waals surface area contributed by atoms with Crippen molar-refractivity contribution in [1.29, 1.82) is 0 Å². The summed E-state index contributed by atoms with van der Waals surface area (Å²) in [7, 11) is 0. The van der Waals surface area contributed by atoms with Crippen LogP contribution in [0, 0.1) is 6.92 Å². The lowest BCUT2D eigenvalue weighted by molar-refractivity contribution is 0.122. The van der Waals surface area contributed by atoms with Crippen molar-refractivity contribution in [3.63, 3.8) is 0 Å². The quantitative estimate of drug-likeness (QED) is 0.376. The number of aliphatic hydroxyl groups is 1. The molecule has 0 spiro atoms. The molecule has 0 amide bonds. The molecule has 10 nitrogen and oxygen atoms in total. The molecular weight excluding hydrogens is 396 g/mol. The van der Waals surface area contributed by atoms with E-state index in [1.807, 2.05) is 12.3 Å². The van der Waals surface area contributed by atoms with Crippen LogP contribution in [-0.2, 0) is 4.74 Å². The topological polar surface area (TPSA) is 120 Å². The van der Waals surface area contributed by atoms with Crippen molar-refractivity contribution in [3.8, 4) is 0 Å². The highest BCUT2D eigenvalue weighted by Crippen LogP contribution is 2.22. The van der Waals surface area contributed by atoms with E-state index in [2.05, 4.69) is 65.9 Å². The monoisotopic (exact) mass is 424 g/mol. The number of anilines is 4. The van der Waals surface area contributed by atoms with Crippen LogP contribution in [0.15, 0.2) is 30.5 Å². The molecule has 1 aliphatic heterocycles. The molecule has 3 heterocycles. The predicted octanol–water partition coefficient (Wildman–Crippen LogP) is 1.49. The molecule has 0 radical (unpaired) electrons. The van der Waals surface area contributed by atoms with Gasteiger partial charge in [0.2, 0.25) is 17.8 Å². The molecule has 0 saturated carbocycles. The van der Waals surface area contributed by atoms with E-state index in [1.165, 1.54) is 5.56 Å². The van der Waals surface area contributed by atoms with Crippen LogP contribution in [0.2, 0.25) is 0 Å². The molecule has 4 rings (SSSR count). The smallest absolute Gasteiger partial charge is 0.232 e. The van der Waals surface area contributed by atoms with E-state index in [1.54, 1.807) is 0 Å². The van der Waals surface area contributed by atoms with Crippen LogP contribution in [0.25, 0.3) is 10.9 Å². The Morgan fingerprint density at radius 1 is 0.968 bits per heavy atom. The standard InChI is InChI=1S/C21H28N8O2/c1-15-2-3-16-17(4-5-22-18(16)14-15)23-6-7-24-19-26-20(25-8-11-30)28-21(27-19)29-9-12-31-13-10-29/h2-5,14,30H,6-13H2,1H3,(H,22,23)(H2,24,25,26,27,28). The van der Waals surface area contributed by atoms with Gasteiger partial charge in [0, 0.05) is 50.0 Å². The normalized spacial score (nSPS) is 13.9. The van der Waals surface area contributed by atoms with Crippen molar-refractivity contribution in [2.24, 2.45) is 0 Å². The third-order valence-corrected chi connectivity index (χ3v) is 4.93. The van der Waals surface area contributed by atoms with Gasteiger partial charge in [0.1, 0.15) is 0 Å². The Morgan fingerprint density at radius 2 is 1.71 bits per heavy atom. The van der Waals surface area contributed by atoms with E-state index >= 15 is 0 Å². The van der Waals surface area contributed by atoms with Crippen molar-refractivity contribution in [2.45, 2.75) is 6.92 Å². The fourth-order valence-corrected chi connectivity index (χ4v) is 3.38. The summed E-state index contributed by atoms with van der Waals surface area (Å²) in [6.45, 7) is 6.53. The molecule has 1 fully saturated rings. The fraction of sp³-hybridized carbons (Fsp3) is 0.429. The number of benzene rings is 1. The number of aromatic nitrogens is 4. The van der Waals surface area contributed by atoms with Gasteiger partial charge in [-0.2, -0.15) is 15.0 Å². The minimum atomic E-state index is 0.00463. The molecule has 2 aromatic heterocycles. The highest BCUT2D eigenvalue weighted by Gasteiger charge is 2.16. The first-order valence-corrected chi connectivity index (χ1v) is 10.5. The molecule has 4 N–H and O–H groups in total. The van der Waals surface area contributed by atoms with Gasteiger partial charge in [-0.25, -0.2) is 0 Å². The van der Waals surface area contributed by atoms with Gasteiger partial charge in [-0.3, -0.25) is 4.98 Å². The molecule has 0 bridgehead atoms. The van der Waals surface area contributed by atoms with Gasteiger partial charge >= 0.3 is 0 Å². The van der Waals surface area contributed by atoms with Crippen LogP contribution in [0.1, 0.15) is 5.56 Å². The third kappa shape index (κ3) is 5.47. The van der Waals surface area contributed by atoms with Crippen molar-refractivity contribution >= 4 is 34.4 Å². The summed E-state index contributed by atoms with van der Waals surface area (Å²) < 4.78 is 5.42. The number of rotatable bonds is 9. The first kappa shape index (κ1) is 21.0. The zero-order valence-corrected chi connectivity index (χ0v) is 17.6. The number of hydrogen-bond donors (Lipinski definition) is 4. The molecule has 31 heavy (non-hydrogen) atoms. The fourth-order valence-electron chi connectivity index (χ4n) is 3.38. The summed E-state index contributed by atoms with van der Waals surface area (Å²) in [6.07, 6.45) is 1.82. The Morgan fingerprint density at radius 3 is 2.48 bits per heavy atom.